The quantitative estimate of drug-likeness (QED) is 0.875. The SMILES string of the molecule is CN(Cc1ccncc1)C(=O)c1cc(N)c(F)cc1F. The Morgan fingerprint density at radius 2 is 1.90 bits per heavy atom. The lowest BCUT2D eigenvalue weighted by Gasteiger charge is -2.18. The van der Waals surface area contributed by atoms with Crippen LogP contribution in [-0.4, -0.2) is 22.8 Å². The molecule has 1 aromatic heterocycles. The molecule has 4 nitrogen and oxygen atoms in total. The van der Waals surface area contributed by atoms with Crippen LogP contribution < -0.4 is 5.73 Å². The second kappa shape index (κ2) is 5.64. The summed E-state index contributed by atoms with van der Waals surface area (Å²) in [5.41, 5.74) is 5.71. The number of pyridine rings is 1. The van der Waals surface area contributed by atoms with Crippen LogP contribution in [0.2, 0.25) is 0 Å². The number of halogens is 2. The normalized spacial score (nSPS) is 10.3. The Kier molecular flexibility index (Phi) is 3.93. The van der Waals surface area contributed by atoms with Crippen LogP contribution in [-0.2, 0) is 6.54 Å². The van der Waals surface area contributed by atoms with E-state index in [1.54, 1.807) is 24.5 Å². The number of benzene rings is 1. The second-order valence-electron chi connectivity index (χ2n) is 4.37. The molecular weight excluding hydrogens is 264 g/mol. The number of nitrogens with two attached hydrogens (primary N) is 1. The first kappa shape index (κ1) is 13.9. The van der Waals surface area contributed by atoms with Gasteiger partial charge in [0.15, 0.2) is 0 Å². The van der Waals surface area contributed by atoms with Gasteiger partial charge >= 0.3 is 0 Å². The molecule has 1 heterocycles. The molecule has 20 heavy (non-hydrogen) atoms. The topological polar surface area (TPSA) is 59.2 Å². The minimum atomic E-state index is -0.928. The van der Waals surface area contributed by atoms with Gasteiger partial charge in [0.1, 0.15) is 11.6 Å². The molecule has 0 saturated carbocycles. The first-order valence-corrected chi connectivity index (χ1v) is 5.88. The molecular formula is C14H13F2N3O. The van der Waals surface area contributed by atoms with Gasteiger partial charge in [-0.1, -0.05) is 0 Å². The number of amides is 1. The highest BCUT2D eigenvalue weighted by Gasteiger charge is 2.18. The zero-order chi connectivity index (χ0) is 14.7. The van der Waals surface area contributed by atoms with Crippen molar-refractivity contribution in [3.05, 3.63) is 59.4 Å². The van der Waals surface area contributed by atoms with Gasteiger partial charge < -0.3 is 10.6 Å². The van der Waals surface area contributed by atoms with E-state index < -0.39 is 17.5 Å². The van der Waals surface area contributed by atoms with Crippen LogP contribution in [0.25, 0.3) is 0 Å². The summed E-state index contributed by atoms with van der Waals surface area (Å²) in [5.74, 6) is -2.37. The molecule has 0 bridgehead atoms. The van der Waals surface area contributed by atoms with Gasteiger partial charge in [0.2, 0.25) is 0 Å². The Morgan fingerprint density at radius 3 is 2.55 bits per heavy atom. The monoisotopic (exact) mass is 277 g/mol. The standard InChI is InChI=1S/C14H13F2N3O/c1-19(8-9-2-4-18-5-3-9)14(20)10-6-13(17)12(16)7-11(10)15/h2-7H,8,17H2,1H3. The molecule has 0 spiro atoms. The summed E-state index contributed by atoms with van der Waals surface area (Å²) in [5, 5.41) is 0. The van der Waals surface area contributed by atoms with Crippen molar-refractivity contribution >= 4 is 11.6 Å². The molecule has 1 amide bonds. The number of hydrogen-bond donors (Lipinski definition) is 1. The Bertz CT molecular complexity index is 632. The van der Waals surface area contributed by atoms with Crippen molar-refractivity contribution in [2.24, 2.45) is 0 Å². The maximum absolute atomic E-state index is 13.6. The molecule has 0 aliphatic heterocycles. The summed E-state index contributed by atoms with van der Waals surface area (Å²) in [4.78, 5) is 17.3. The molecule has 6 heteroatoms. The first-order chi connectivity index (χ1) is 9.49. The van der Waals surface area contributed by atoms with Gasteiger partial charge in [-0.2, -0.15) is 0 Å². The lowest BCUT2D eigenvalue weighted by atomic mass is 10.1. The van der Waals surface area contributed by atoms with Crippen molar-refractivity contribution in [2.75, 3.05) is 12.8 Å². The van der Waals surface area contributed by atoms with Gasteiger partial charge in [-0.15, -0.1) is 0 Å². The highest BCUT2D eigenvalue weighted by molar-refractivity contribution is 5.95. The van der Waals surface area contributed by atoms with Crippen LogP contribution in [0, 0.1) is 11.6 Å². The van der Waals surface area contributed by atoms with Crippen LogP contribution in [0.5, 0.6) is 0 Å². The van der Waals surface area contributed by atoms with Gasteiger partial charge in [0.05, 0.1) is 11.3 Å². The molecule has 104 valence electrons. The van der Waals surface area contributed by atoms with E-state index in [0.29, 0.717) is 6.07 Å². The van der Waals surface area contributed by atoms with Gasteiger partial charge in [-0.3, -0.25) is 9.78 Å². The van der Waals surface area contributed by atoms with Gasteiger partial charge in [0.25, 0.3) is 5.91 Å². The number of hydrogen-bond acceptors (Lipinski definition) is 3. The number of aromatic nitrogens is 1. The highest BCUT2D eigenvalue weighted by Crippen LogP contribution is 2.18. The predicted octanol–water partition coefficient (Wildman–Crippen LogP) is 2.21. The Hall–Kier alpha value is -2.50. The number of carbonyl (C=O) groups excluding carboxylic acids is 1. The van der Waals surface area contributed by atoms with Gasteiger partial charge in [-0.25, -0.2) is 8.78 Å². The lowest BCUT2D eigenvalue weighted by molar-refractivity contribution is 0.0780. The Morgan fingerprint density at radius 1 is 1.25 bits per heavy atom. The van der Waals surface area contributed by atoms with Crippen molar-refractivity contribution in [3.63, 3.8) is 0 Å². The molecule has 0 saturated heterocycles. The number of carbonyl (C=O) groups is 1. The fraction of sp³-hybridized carbons (Fsp3) is 0.143. The molecule has 0 radical (unpaired) electrons. The Labute approximate surface area is 114 Å². The third kappa shape index (κ3) is 2.90. The van der Waals surface area contributed by atoms with E-state index in [9.17, 15) is 13.6 Å². The molecule has 2 rings (SSSR count). The van der Waals surface area contributed by atoms with Crippen molar-refractivity contribution in [1.82, 2.24) is 9.88 Å². The average Bonchev–Trinajstić information content (AvgIpc) is 2.43. The zero-order valence-electron chi connectivity index (χ0n) is 10.8. The summed E-state index contributed by atoms with van der Waals surface area (Å²) >= 11 is 0. The summed E-state index contributed by atoms with van der Waals surface area (Å²) in [6.07, 6.45) is 3.20. The van der Waals surface area contributed by atoms with E-state index in [-0.39, 0.29) is 17.8 Å². The van der Waals surface area contributed by atoms with Crippen LogP contribution in [0.1, 0.15) is 15.9 Å². The van der Waals surface area contributed by atoms with E-state index >= 15 is 0 Å². The minimum Gasteiger partial charge on any atom is -0.396 e. The average molecular weight is 277 g/mol. The third-order valence-electron chi connectivity index (χ3n) is 2.83. The fourth-order valence-corrected chi connectivity index (χ4v) is 1.77. The first-order valence-electron chi connectivity index (χ1n) is 5.88. The number of anilines is 1. The smallest absolute Gasteiger partial charge is 0.256 e. The van der Waals surface area contributed by atoms with E-state index in [0.717, 1.165) is 11.6 Å². The molecule has 0 unspecified atom stereocenters. The van der Waals surface area contributed by atoms with Crippen molar-refractivity contribution < 1.29 is 13.6 Å². The van der Waals surface area contributed by atoms with Crippen LogP contribution in [0.3, 0.4) is 0 Å². The van der Waals surface area contributed by atoms with Crippen molar-refractivity contribution in [2.45, 2.75) is 6.54 Å². The van der Waals surface area contributed by atoms with Crippen LogP contribution in [0.15, 0.2) is 36.7 Å². The van der Waals surface area contributed by atoms with Gasteiger partial charge in [-0.05, 0) is 23.8 Å². The zero-order valence-corrected chi connectivity index (χ0v) is 10.8. The highest BCUT2D eigenvalue weighted by atomic mass is 19.1. The molecule has 2 N–H and O–H groups in total. The molecule has 1 aromatic carbocycles. The molecule has 2 aromatic rings. The second-order valence-corrected chi connectivity index (χ2v) is 4.37. The van der Waals surface area contributed by atoms with E-state index in [1.165, 1.54) is 11.9 Å². The summed E-state index contributed by atoms with van der Waals surface area (Å²) in [7, 11) is 1.53. The van der Waals surface area contributed by atoms with Crippen molar-refractivity contribution in [1.29, 1.82) is 0 Å². The molecule has 0 fully saturated rings. The molecule has 0 aliphatic carbocycles. The minimum absolute atomic E-state index is 0.250. The molecule has 0 atom stereocenters. The summed E-state index contributed by atoms with van der Waals surface area (Å²) in [6.45, 7) is 0.290. The number of nitrogens with zero attached hydrogens (tertiary/aromatic N) is 2. The predicted molar refractivity (Wildman–Crippen MR) is 70.8 cm³/mol. The maximum atomic E-state index is 13.6. The van der Waals surface area contributed by atoms with Crippen LogP contribution in [0.4, 0.5) is 14.5 Å². The van der Waals surface area contributed by atoms with E-state index in [2.05, 4.69) is 4.98 Å². The summed E-state index contributed by atoms with van der Waals surface area (Å²) in [6, 6.07) is 5.12. The molecule has 0 aliphatic rings. The van der Waals surface area contributed by atoms with Crippen LogP contribution >= 0.6 is 0 Å². The Balaban J connectivity index is 2.21. The number of nitrogen functional groups attached to an aromatic ring is 1. The third-order valence-corrected chi connectivity index (χ3v) is 2.83. The fourth-order valence-electron chi connectivity index (χ4n) is 1.77. The number of rotatable bonds is 3. The summed E-state index contributed by atoms with van der Waals surface area (Å²) < 4.78 is 26.7. The van der Waals surface area contributed by atoms with E-state index in [4.69, 9.17) is 5.73 Å². The maximum Gasteiger partial charge on any atom is 0.256 e. The lowest BCUT2D eigenvalue weighted by Crippen LogP contribution is -2.27. The van der Waals surface area contributed by atoms with E-state index in [1.807, 2.05) is 0 Å². The van der Waals surface area contributed by atoms with Crippen molar-refractivity contribution in [3.8, 4) is 0 Å². The van der Waals surface area contributed by atoms with Gasteiger partial charge in [0, 0.05) is 32.1 Å². The largest absolute Gasteiger partial charge is 0.396 e.